The number of nitrogens with zero attached hydrogens (tertiary/aromatic N) is 1. The van der Waals surface area contributed by atoms with Crippen LogP contribution in [0.4, 0.5) is 0 Å². The number of hydrogen-bond donors (Lipinski definition) is 1. The Bertz CT molecular complexity index is 490. The minimum absolute atomic E-state index is 0.301. The molecule has 1 saturated heterocycles. The fraction of sp³-hybridized carbons (Fsp3) is 0.611. The Labute approximate surface area is 127 Å². The first-order valence-corrected chi connectivity index (χ1v) is 8.31. The summed E-state index contributed by atoms with van der Waals surface area (Å²) in [4.78, 5) is 14.8. The summed E-state index contributed by atoms with van der Waals surface area (Å²) >= 11 is 0. The summed E-state index contributed by atoms with van der Waals surface area (Å²) in [7, 11) is 0. The highest BCUT2D eigenvalue weighted by Crippen LogP contribution is 2.28. The number of nitrogens with one attached hydrogen (secondary N) is 1. The van der Waals surface area contributed by atoms with Crippen molar-refractivity contribution in [3.63, 3.8) is 0 Å². The van der Waals surface area contributed by atoms with E-state index in [-0.39, 0.29) is 0 Å². The highest BCUT2D eigenvalue weighted by molar-refractivity contribution is 5.79. The second-order valence-corrected chi connectivity index (χ2v) is 6.59. The minimum Gasteiger partial charge on any atom is -0.338 e. The fourth-order valence-corrected chi connectivity index (χ4v) is 3.26. The van der Waals surface area contributed by atoms with Crippen molar-refractivity contribution in [1.29, 1.82) is 0 Å². The van der Waals surface area contributed by atoms with Gasteiger partial charge >= 0.3 is 0 Å². The van der Waals surface area contributed by atoms with Gasteiger partial charge in [0.25, 0.3) is 0 Å². The van der Waals surface area contributed by atoms with E-state index in [1.165, 1.54) is 37.7 Å². The number of hydrogen-bond acceptors (Lipinski definition) is 2. The zero-order chi connectivity index (χ0) is 14.7. The van der Waals surface area contributed by atoms with Crippen molar-refractivity contribution in [2.45, 2.75) is 57.5 Å². The quantitative estimate of drug-likeness (QED) is 0.902. The van der Waals surface area contributed by atoms with Crippen LogP contribution in [0.3, 0.4) is 0 Å². The summed E-state index contributed by atoms with van der Waals surface area (Å²) in [5.74, 6) is 0.301. The lowest BCUT2D eigenvalue weighted by Crippen LogP contribution is -2.47. The number of amides is 1. The van der Waals surface area contributed by atoms with Gasteiger partial charge in [-0.25, -0.2) is 0 Å². The standard InChI is InChI=1S/C18H26N2O/c1-14-5-4-6-15(11-14)12-18(21)20(17-8-9-17)13-16-7-2-3-10-19-16/h4-6,11,16-17,19H,2-3,7-10,12-13H2,1H3. The highest BCUT2D eigenvalue weighted by atomic mass is 16.2. The zero-order valence-corrected chi connectivity index (χ0v) is 13.0. The maximum absolute atomic E-state index is 12.7. The van der Waals surface area contributed by atoms with Crippen LogP contribution in [0.5, 0.6) is 0 Å². The number of carbonyl (C=O) groups is 1. The summed E-state index contributed by atoms with van der Waals surface area (Å²) in [6.07, 6.45) is 6.70. The smallest absolute Gasteiger partial charge is 0.227 e. The molecule has 1 aromatic rings. The monoisotopic (exact) mass is 286 g/mol. The average molecular weight is 286 g/mol. The lowest BCUT2D eigenvalue weighted by atomic mass is 10.0. The third-order valence-electron chi connectivity index (χ3n) is 4.58. The summed E-state index contributed by atoms with van der Waals surface area (Å²) in [6, 6.07) is 9.32. The maximum Gasteiger partial charge on any atom is 0.227 e. The van der Waals surface area contributed by atoms with Crippen LogP contribution in [0.25, 0.3) is 0 Å². The van der Waals surface area contributed by atoms with E-state index in [9.17, 15) is 4.79 Å². The zero-order valence-electron chi connectivity index (χ0n) is 13.0. The third kappa shape index (κ3) is 4.07. The van der Waals surface area contributed by atoms with Gasteiger partial charge in [0, 0.05) is 18.6 Å². The molecule has 2 aliphatic rings. The van der Waals surface area contributed by atoms with Gasteiger partial charge in [0.05, 0.1) is 6.42 Å². The average Bonchev–Trinajstić information content (AvgIpc) is 3.30. The van der Waals surface area contributed by atoms with Crippen LogP contribution in [0.1, 0.15) is 43.2 Å². The highest BCUT2D eigenvalue weighted by Gasteiger charge is 2.34. The second-order valence-electron chi connectivity index (χ2n) is 6.59. The molecular weight excluding hydrogens is 260 g/mol. The number of aryl methyl sites for hydroxylation is 1. The predicted octanol–water partition coefficient (Wildman–Crippen LogP) is 2.67. The normalized spacial score (nSPS) is 22.0. The molecule has 3 heteroatoms. The van der Waals surface area contributed by atoms with E-state index >= 15 is 0 Å². The maximum atomic E-state index is 12.7. The Morgan fingerprint density at radius 3 is 2.81 bits per heavy atom. The first-order valence-electron chi connectivity index (χ1n) is 8.31. The van der Waals surface area contributed by atoms with Crippen molar-refractivity contribution < 1.29 is 4.79 Å². The lowest BCUT2D eigenvalue weighted by Gasteiger charge is -2.31. The molecule has 1 aromatic carbocycles. The molecule has 3 nitrogen and oxygen atoms in total. The van der Waals surface area contributed by atoms with Gasteiger partial charge in [0.2, 0.25) is 5.91 Å². The molecule has 0 aromatic heterocycles. The fourth-order valence-electron chi connectivity index (χ4n) is 3.26. The van der Waals surface area contributed by atoms with Crippen molar-refractivity contribution in [2.24, 2.45) is 0 Å². The van der Waals surface area contributed by atoms with Crippen molar-refractivity contribution in [1.82, 2.24) is 10.2 Å². The molecule has 2 fully saturated rings. The van der Waals surface area contributed by atoms with E-state index in [1.54, 1.807) is 0 Å². The molecule has 1 saturated carbocycles. The Morgan fingerprint density at radius 1 is 1.29 bits per heavy atom. The predicted molar refractivity (Wildman–Crippen MR) is 85.3 cm³/mol. The van der Waals surface area contributed by atoms with Gasteiger partial charge in [-0.1, -0.05) is 36.2 Å². The van der Waals surface area contributed by atoms with Crippen molar-refractivity contribution in [3.05, 3.63) is 35.4 Å². The number of piperidine rings is 1. The summed E-state index contributed by atoms with van der Waals surface area (Å²) < 4.78 is 0. The van der Waals surface area contributed by atoms with Crippen molar-refractivity contribution in [2.75, 3.05) is 13.1 Å². The molecule has 1 aliphatic carbocycles. The molecule has 1 N–H and O–H groups in total. The molecule has 21 heavy (non-hydrogen) atoms. The molecule has 3 rings (SSSR count). The van der Waals surface area contributed by atoms with Crippen LogP contribution in [0, 0.1) is 6.92 Å². The SMILES string of the molecule is Cc1cccc(CC(=O)N(CC2CCCCN2)C2CC2)c1. The van der Waals surface area contributed by atoms with Gasteiger partial charge in [0.1, 0.15) is 0 Å². The van der Waals surface area contributed by atoms with Gasteiger partial charge in [0.15, 0.2) is 0 Å². The van der Waals surface area contributed by atoms with Gasteiger partial charge in [-0.15, -0.1) is 0 Å². The summed E-state index contributed by atoms with van der Waals surface area (Å²) in [5.41, 5.74) is 2.37. The van der Waals surface area contributed by atoms with Crippen molar-refractivity contribution >= 4 is 5.91 Å². The van der Waals surface area contributed by atoms with Crippen LogP contribution in [0.15, 0.2) is 24.3 Å². The van der Waals surface area contributed by atoms with E-state index < -0.39 is 0 Å². The number of carbonyl (C=O) groups excluding carboxylic acids is 1. The first kappa shape index (κ1) is 14.6. The Hall–Kier alpha value is -1.35. The first-order chi connectivity index (χ1) is 10.2. The molecule has 1 amide bonds. The van der Waals surface area contributed by atoms with Crippen LogP contribution in [-0.2, 0) is 11.2 Å². The largest absolute Gasteiger partial charge is 0.338 e. The molecule has 1 atom stereocenters. The van der Waals surface area contributed by atoms with Gasteiger partial charge in [-0.3, -0.25) is 4.79 Å². The number of rotatable bonds is 5. The van der Waals surface area contributed by atoms with Crippen LogP contribution < -0.4 is 5.32 Å². The molecule has 1 heterocycles. The van der Waals surface area contributed by atoms with E-state index in [4.69, 9.17) is 0 Å². The van der Waals surface area contributed by atoms with E-state index in [2.05, 4.69) is 35.3 Å². The molecule has 1 aliphatic heterocycles. The Morgan fingerprint density at radius 2 is 2.14 bits per heavy atom. The van der Waals surface area contributed by atoms with E-state index in [0.29, 0.717) is 24.4 Å². The Kier molecular flexibility index (Phi) is 4.59. The molecule has 0 radical (unpaired) electrons. The van der Waals surface area contributed by atoms with Crippen LogP contribution >= 0.6 is 0 Å². The second kappa shape index (κ2) is 6.61. The van der Waals surface area contributed by atoms with E-state index in [1.807, 2.05) is 6.07 Å². The third-order valence-corrected chi connectivity index (χ3v) is 4.58. The van der Waals surface area contributed by atoms with Crippen LogP contribution in [0.2, 0.25) is 0 Å². The number of benzene rings is 1. The van der Waals surface area contributed by atoms with Gasteiger partial charge in [-0.2, -0.15) is 0 Å². The molecular formula is C18H26N2O. The summed E-state index contributed by atoms with van der Waals surface area (Å²) in [5, 5.41) is 3.57. The molecule has 1 unspecified atom stereocenters. The molecule has 114 valence electrons. The van der Waals surface area contributed by atoms with Gasteiger partial charge in [-0.05, 0) is 44.7 Å². The molecule has 0 bridgehead atoms. The lowest BCUT2D eigenvalue weighted by molar-refractivity contribution is -0.131. The van der Waals surface area contributed by atoms with E-state index in [0.717, 1.165) is 18.7 Å². The van der Waals surface area contributed by atoms with Gasteiger partial charge < -0.3 is 10.2 Å². The topological polar surface area (TPSA) is 32.3 Å². The van der Waals surface area contributed by atoms with Crippen LogP contribution in [-0.4, -0.2) is 36.0 Å². The Balaban J connectivity index is 1.61. The molecule has 0 spiro atoms. The minimum atomic E-state index is 0.301. The summed E-state index contributed by atoms with van der Waals surface area (Å²) in [6.45, 7) is 4.09. The van der Waals surface area contributed by atoms with Crippen molar-refractivity contribution in [3.8, 4) is 0 Å².